The molecule has 27 heavy (non-hydrogen) atoms. The molecular formula is C19H17FN6O. The molecular weight excluding hydrogens is 347 g/mol. The van der Waals surface area contributed by atoms with E-state index in [0.717, 1.165) is 28.9 Å². The number of hydrogen-bond donors (Lipinski definition) is 3. The Kier molecular flexibility index (Phi) is 4.29. The number of pyridine rings is 2. The van der Waals surface area contributed by atoms with Gasteiger partial charge in [-0.05, 0) is 31.2 Å². The number of nitrogens with one attached hydrogen (secondary N) is 3. The first kappa shape index (κ1) is 16.8. The minimum Gasteiger partial charge on any atom is -0.495 e. The Morgan fingerprint density at radius 3 is 2.63 bits per heavy atom. The number of aromatic amines is 1. The summed E-state index contributed by atoms with van der Waals surface area (Å²) in [5.74, 6) is 2.08. The number of aromatic nitrogens is 4. The van der Waals surface area contributed by atoms with E-state index in [1.54, 1.807) is 13.2 Å². The molecule has 0 atom stereocenters. The largest absolute Gasteiger partial charge is 0.495 e. The molecule has 0 bridgehead atoms. The maximum atomic E-state index is 13.1. The molecule has 3 N–H and O–H groups in total. The second-order valence-electron chi connectivity index (χ2n) is 5.89. The van der Waals surface area contributed by atoms with Gasteiger partial charge in [0.1, 0.15) is 34.5 Å². The molecule has 0 spiro atoms. The van der Waals surface area contributed by atoms with Gasteiger partial charge in [-0.15, -0.1) is 0 Å². The Labute approximate surface area is 154 Å². The third-order valence-corrected chi connectivity index (χ3v) is 3.94. The van der Waals surface area contributed by atoms with Gasteiger partial charge >= 0.3 is 0 Å². The van der Waals surface area contributed by atoms with Crippen molar-refractivity contribution in [1.82, 2.24) is 19.9 Å². The van der Waals surface area contributed by atoms with Crippen LogP contribution in [-0.4, -0.2) is 27.0 Å². The monoisotopic (exact) mass is 364 g/mol. The van der Waals surface area contributed by atoms with Gasteiger partial charge < -0.3 is 20.4 Å². The molecule has 0 aliphatic heterocycles. The van der Waals surface area contributed by atoms with Crippen LogP contribution in [0.4, 0.5) is 27.4 Å². The van der Waals surface area contributed by atoms with Gasteiger partial charge in [-0.2, -0.15) is 0 Å². The van der Waals surface area contributed by atoms with Crippen molar-refractivity contribution in [2.75, 3.05) is 17.7 Å². The van der Waals surface area contributed by atoms with Crippen LogP contribution < -0.4 is 15.4 Å². The van der Waals surface area contributed by atoms with Gasteiger partial charge in [0.25, 0.3) is 0 Å². The van der Waals surface area contributed by atoms with Crippen LogP contribution >= 0.6 is 0 Å². The molecule has 0 saturated carbocycles. The lowest BCUT2D eigenvalue weighted by molar-refractivity contribution is 0.417. The zero-order chi connectivity index (χ0) is 18.8. The van der Waals surface area contributed by atoms with E-state index in [2.05, 4.69) is 30.6 Å². The molecule has 4 aromatic rings. The number of hydrogen-bond acceptors (Lipinski definition) is 6. The summed E-state index contributed by atoms with van der Waals surface area (Å²) in [7, 11) is 1.62. The second-order valence-corrected chi connectivity index (χ2v) is 5.89. The van der Waals surface area contributed by atoms with E-state index in [9.17, 15) is 4.39 Å². The molecule has 3 heterocycles. The van der Waals surface area contributed by atoms with Crippen molar-refractivity contribution in [2.24, 2.45) is 0 Å². The zero-order valence-electron chi connectivity index (χ0n) is 14.7. The molecule has 0 radical (unpaired) electrons. The molecule has 8 heteroatoms. The Balaban J connectivity index is 1.75. The molecule has 0 aliphatic rings. The van der Waals surface area contributed by atoms with Gasteiger partial charge in [0, 0.05) is 6.07 Å². The summed E-state index contributed by atoms with van der Waals surface area (Å²) in [5, 5.41) is 6.43. The highest BCUT2D eigenvalue weighted by molar-refractivity contribution is 5.91. The van der Waals surface area contributed by atoms with E-state index in [1.165, 1.54) is 6.07 Å². The Bertz CT molecular complexity index is 1090. The first-order valence-electron chi connectivity index (χ1n) is 8.28. The SMILES string of the molecule is COc1ccccc1Nc1cc(Nc2ccc(F)cn2)nc2nc(C)[nH]c12. The van der Waals surface area contributed by atoms with Crippen molar-refractivity contribution in [3.05, 3.63) is 60.3 Å². The molecule has 0 unspecified atom stereocenters. The van der Waals surface area contributed by atoms with E-state index >= 15 is 0 Å². The van der Waals surface area contributed by atoms with E-state index in [-0.39, 0.29) is 0 Å². The van der Waals surface area contributed by atoms with Crippen LogP contribution in [-0.2, 0) is 0 Å². The summed E-state index contributed by atoms with van der Waals surface area (Å²) in [6.45, 7) is 1.86. The van der Waals surface area contributed by atoms with Crippen LogP contribution in [0.2, 0.25) is 0 Å². The number of H-pyrrole nitrogens is 1. The van der Waals surface area contributed by atoms with Crippen LogP contribution in [0.3, 0.4) is 0 Å². The fourth-order valence-corrected chi connectivity index (χ4v) is 2.74. The van der Waals surface area contributed by atoms with Crippen molar-refractivity contribution in [3.8, 4) is 5.75 Å². The second kappa shape index (κ2) is 6.91. The van der Waals surface area contributed by atoms with Crippen LogP contribution in [0.25, 0.3) is 11.2 Å². The minimum atomic E-state index is -0.398. The number of imidazole rings is 1. The fraction of sp³-hybridized carbons (Fsp3) is 0.105. The summed E-state index contributed by atoms with van der Waals surface area (Å²) in [6.07, 6.45) is 1.15. The molecule has 0 amide bonds. The van der Waals surface area contributed by atoms with E-state index in [1.807, 2.05) is 37.3 Å². The number of halogens is 1. The first-order valence-corrected chi connectivity index (χ1v) is 8.28. The number of aryl methyl sites for hydroxylation is 1. The molecule has 4 rings (SSSR count). The Morgan fingerprint density at radius 2 is 1.85 bits per heavy atom. The van der Waals surface area contributed by atoms with Crippen molar-refractivity contribution >= 4 is 34.2 Å². The van der Waals surface area contributed by atoms with Crippen LogP contribution in [0.5, 0.6) is 5.75 Å². The average Bonchev–Trinajstić information content (AvgIpc) is 3.04. The van der Waals surface area contributed by atoms with Gasteiger partial charge in [0.2, 0.25) is 0 Å². The predicted octanol–water partition coefficient (Wildman–Crippen LogP) is 4.30. The highest BCUT2D eigenvalue weighted by Gasteiger charge is 2.12. The number of anilines is 4. The highest BCUT2D eigenvalue weighted by Crippen LogP contribution is 2.32. The van der Waals surface area contributed by atoms with E-state index < -0.39 is 5.82 Å². The lowest BCUT2D eigenvalue weighted by Gasteiger charge is -2.13. The van der Waals surface area contributed by atoms with Crippen LogP contribution in [0.15, 0.2) is 48.7 Å². The summed E-state index contributed by atoms with van der Waals surface area (Å²) >= 11 is 0. The van der Waals surface area contributed by atoms with Crippen LogP contribution in [0, 0.1) is 12.7 Å². The normalized spacial score (nSPS) is 10.8. The number of nitrogens with zero attached hydrogens (tertiary/aromatic N) is 3. The number of para-hydroxylation sites is 2. The number of rotatable bonds is 5. The molecule has 7 nitrogen and oxygen atoms in total. The van der Waals surface area contributed by atoms with Gasteiger partial charge in [0.05, 0.1) is 24.7 Å². The van der Waals surface area contributed by atoms with E-state index in [4.69, 9.17) is 4.74 Å². The van der Waals surface area contributed by atoms with Crippen LogP contribution in [0.1, 0.15) is 5.82 Å². The number of methoxy groups -OCH3 is 1. The molecule has 136 valence electrons. The van der Waals surface area contributed by atoms with Gasteiger partial charge in [0.15, 0.2) is 5.65 Å². The maximum absolute atomic E-state index is 13.1. The van der Waals surface area contributed by atoms with Crippen molar-refractivity contribution in [1.29, 1.82) is 0 Å². The molecule has 0 saturated heterocycles. The standard InChI is InChI=1S/C19H17FN6O/c1-11-22-18-14(24-13-5-3-4-6-15(13)27-2)9-17(26-19(18)23-11)25-16-8-7-12(20)10-21-16/h3-10H,1-2H3,(H3,21,22,23,24,25,26). The van der Waals surface area contributed by atoms with Gasteiger partial charge in [-0.25, -0.2) is 19.3 Å². The molecule has 0 aliphatic carbocycles. The third-order valence-electron chi connectivity index (χ3n) is 3.94. The Hall–Kier alpha value is -3.68. The number of fused-ring (bicyclic) bond motifs is 1. The highest BCUT2D eigenvalue weighted by atomic mass is 19.1. The smallest absolute Gasteiger partial charge is 0.181 e. The third kappa shape index (κ3) is 3.50. The zero-order valence-corrected chi connectivity index (χ0v) is 14.7. The quantitative estimate of drug-likeness (QED) is 0.489. The Morgan fingerprint density at radius 1 is 1.00 bits per heavy atom. The average molecular weight is 364 g/mol. The molecule has 1 aromatic carbocycles. The number of ether oxygens (including phenoxy) is 1. The van der Waals surface area contributed by atoms with E-state index in [0.29, 0.717) is 23.0 Å². The first-order chi connectivity index (χ1) is 13.1. The molecule has 3 aromatic heterocycles. The lowest BCUT2D eigenvalue weighted by atomic mass is 10.2. The summed E-state index contributed by atoms with van der Waals surface area (Å²) < 4.78 is 18.5. The van der Waals surface area contributed by atoms with Gasteiger partial charge in [-0.1, -0.05) is 12.1 Å². The van der Waals surface area contributed by atoms with Crippen molar-refractivity contribution in [2.45, 2.75) is 6.92 Å². The summed E-state index contributed by atoms with van der Waals surface area (Å²) in [5.41, 5.74) is 2.91. The van der Waals surface area contributed by atoms with Crippen molar-refractivity contribution < 1.29 is 9.13 Å². The topological polar surface area (TPSA) is 87.8 Å². The minimum absolute atomic E-state index is 0.398. The summed E-state index contributed by atoms with van der Waals surface area (Å²) in [4.78, 5) is 16.1. The molecule has 0 fully saturated rings. The summed E-state index contributed by atoms with van der Waals surface area (Å²) in [6, 6.07) is 12.3. The van der Waals surface area contributed by atoms with Gasteiger partial charge in [-0.3, -0.25) is 0 Å². The number of benzene rings is 1. The lowest BCUT2D eigenvalue weighted by Crippen LogP contribution is -2.00. The predicted molar refractivity (Wildman–Crippen MR) is 102 cm³/mol. The van der Waals surface area contributed by atoms with Crippen molar-refractivity contribution in [3.63, 3.8) is 0 Å². The fourth-order valence-electron chi connectivity index (χ4n) is 2.74. The maximum Gasteiger partial charge on any atom is 0.181 e.